The molecule has 0 amide bonds. The van der Waals surface area contributed by atoms with Crippen LogP contribution in [0.15, 0.2) is 0 Å². The van der Waals surface area contributed by atoms with E-state index in [1.807, 2.05) is 0 Å². The number of hydrogen-bond acceptors (Lipinski definition) is 2. The molecule has 1 aliphatic carbocycles. The molecular weight excluding hydrogens is 210 g/mol. The molecule has 0 aromatic carbocycles. The van der Waals surface area contributed by atoms with Crippen LogP contribution in [0.4, 0.5) is 0 Å². The number of rotatable bonds is 4. The summed E-state index contributed by atoms with van der Waals surface area (Å²) in [4.78, 5) is 0. The summed E-state index contributed by atoms with van der Waals surface area (Å²) in [5, 5.41) is 3.56. The first-order valence-corrected chi connectivity index (χ1v) is 7.48. The van der Waals surface area contributed by atoms with E-state index < -0.39 is 0 Å². The minimum absolute atomic E-state index is 0.528. The Morgan fingerprint density at radius 2 is 1.88 bits per heavy atom. The zero-order chi connectivity index (χ0) is 12.3. The lowest BCUT2D eigenvalue weighted by atomic mass is 9.73. The predicted octanol–water partition coefficient (Wildman–Crippen LogP) is 3.22. The van der Waals surface area contributed by atoms with Crippen LogP contribution in [0, 0.1) is 17.8 Å². The molecular formula is C15H29NO. The van der Waals surface area contributed by atoms with E-state index in [-0.39, 0.29) is 0 Å². The summed E-state index contributed by atoms with van der Waals surface area (Å²) in [6, 6.07) is 0.670. The molecule has 2 nitrogen and oxygen atoms in total. The minimum Gasteiger partial charge on any atom is -0.378 e. The van der Waals surface area contributed by atoms with Gasteiger partial charge in [-0.3, -0.25) is 0 Å². The quantitative estimate of drug-likeness (QED) is 0.813. The molecule has 100 valence electrons. The Balaban J connectivity index is 1.87. The minimum atomic E-state index is 0.528. The molecule has 0 aromatic rings. The maximum atomic E-state index is 5.79. The highest BCUT2D eigenvalue weighted by Gasteiger charge is 2.31. The molecule has 4 unspecified atom stereocenters. The first kappa shape index (κ1) is 13.4. The van der Waals surface area contributed by atoms with Gasteiger partial charge in [-0.2, -0.15) is 0 Å². The molecule has 2 rings (SSSR count). The molecule has 1 N–H and O–H groups in total. The molecule has 17 heavy (non-hydrogen) atoms. The van der Waals surface area contributed by atoms with Crippen LogP contribution in [-0.2, 0) is 4.74 Å². The van der Waals surface area contributed by atoms with Crippen molar-refractivity contribution in [2.75, 3.05) is 13.7 Å². The Bertz CT molecular complexity index is 215. The monoisotopic (exact) mass is 239 g/mol. The summed E-state index contributed by atoms with van der Waals surface area (Å²) >= 11 is 0. The maximum Gasteiger partial charge on any atom is 0.0590 e. The summed E-state index contributed by atoms with van der Waals surface area (Å²) in [7, 11) is 2.13. The van der Waals surface area contributed by atoms with E-state index in [1.54, 1.807) is 0 Å². The molecule has 1 aliphatic heterocycles. The Hall–Kier alpha value is -0.0800. The van der Waals surface area contributed by atoms with Crippen molar-refractivity contribution in [1.29, 1.82) is 0 Å². The van der Waals surface area contributed by atoms with Crippen molar-refractivity contribution < 1.29 is 4.74 Å². The van der Waals surface area contributed by atoms with Gasteiger partial charge in [-0.25, -0.2) is 0 Å². The van der Waals surface area contributed by atoms with Crippen molar-refractivity contribution in [3.8, 4) is 0 Å². The lowest BCUT2D eigenvalue weighted by Crippen LogP contribution is -2.40. The SMILES string of the molecule is CNC(CC1CCCO1)C1CC(C)CC(C)C1. The van der Waals surface area contributed by atoms with Gasteiger partial charge in [0, 0.05) is 12.6 Å². The molecule has 0 aromatic heterocycles. The maximum absolute atomic E-state index is 5.79. The second-order valence-electron chi connectivity index (χ2n) is 6.44. The highest BCUT2D eigenvalue weighted by atomic mass is 16.5. The molecule has 1 saturated carbocycles. The van der Waals surface area contributed by atoms with E-state index in [0.29, 0.717) is 12.1 Å². The van der Waals surface area contributed by atoms with Crippen LogP contribution in [0.25, 0.3) is 0 Å². The third-order valence-corrected chi connectivity index (χ3v) is 4.70. The highest BCUT2D eigenvalue weighted by molar-refractivity contribution is 4.85. The normalized spacial score (nSPS) is 40.4. The van der Waals surface area contributed by atoms with Crippen molar-refractivity contribution in [3.63, 3.8) is 0 Å². The lowest BCUT2D eigenvalue weighted by molar-refractivity contribution is 0.0765. The van der Waals surface area contributed by atoms with Gasteiger partial charge < -0.3 is 10.1 Å². The second-order valence-corrected chi connectivity index (χ2v) is 6.44. The van der Waals surface area contributed by atoms with Crippen LogP contribution in [0.5, 0.6) is 0 Å². The standard InChI is InChI=1S/C15H29NO/c1-11-7-12(2)9-13(8-11)15(16-3)10-14-5-4-6-17-14/h11-16H,4-10H2,1-3H3. The molecule has 2 aliphatic rings. The Morgan fingerprint density at radius 3 is 2.41 bits per heavy atom. The van der Waals surface area contributed by atoms with Gasteiger partial charge >= 0.3 is 0 Å². The summed E-state index contributed by atoms with van der Waals surface area (Å²) in [6.45, 7) is 5.82. The van der Waals surface area contributed by atoms with Crippen LogP contribution < -0.4 is 5.32 Å². The smallest absolute Gasteiger partial charge is 0.0590 e. The molecule has 0 bridgehead atoms. The summed E-state index contributed by atoms with van der Waals surface area (Å²) < 4.78 is 5.79. The van der Waals surface area contributed by atoms with E-state index in [9.17, 15) is 0 Å². The number of nitrogens with one attached hydrogen (secondary N) is 1. The Kier molecular flexibility index (Phi) is 4.87. The van der Waals surface area contributed by atoms with E-state index in [1.165, 1.54) is 38.5 Å². The van der Waals surface area contributed by atoms with Crippen molar-refractivity contribution in [2.24, 2.45) is 17.8 Å². The molecule has 2 heteroatoms. The van der Waals surface area contributed by atoms with Gasteiger partial charge in [0.05, 0.1) is 6.10 Å². The molecule has 1 saturated heterocycles. The average molecular weight is 239 g/mol. The van der Waals surface area contributed by atoms with Crippen LogP contribution in [0.1, 0.15) is 52.4 Å². The Morgan fingerprint density at radius 1 is 1.18 bits per heavy atom. The molecule has 2 fully saturated rings. The second kappa shape index (κ2) is 6.19. The fourth-order valence-electron chi connectivity index (χ4n) is 4.00. The van der Waals surface area contributed by atoms with Gasteiger partial charge in [-0.1, -0.05) is 13.8 Å². The molecule has 1 heterocycles. The van der Waals surface area contributed by atoms with E-state index in [4.69, 9.17) is 4.74 Å². The topological polar surface area (TPSA) is 21.3 Å². The summed E-state index contributed by atoms with van der Waals surface area (Å²) in [5.74, 6) is 2.68. The van der Waals surface area contributed by atoms with Gasteiger partial charge in [0.2, 0.25) is 0 Å². The first-order chi connectivity index (χ1) is 8.19. The number of hydrogen-bond donors (Lipinski definition) is 1. The largest absolute Gasteiger partial charge is 0.378 e. The summed E-state index contributed by atoms with van der Waals surface area (Å²) in [6.07, 6.45) is 8.52. The van der Waals surface area contributed by atoms with Crippen LogP contribution in [0.2, 0.25) is 0 Å². The molecule has 0 spiro atoms. The highest BCUT2D eigenvalue weighted by Crippen LogP contribution is 2.36. The lowest BCUT2D eigenvalue weighted by Gasteiger charge is -2.37. The molecule has 4 atom stereocenters. The van der Waals surface area contributed by atoms with E-state index in [2.05, 4.69) is 26.2 Å². The summed E-state index contributed by atoms with van der Waals surface area (Å²) in [5.41, 5.74) is 0. The van der Waals surface area contributed by atoms with Gasteiger partial charge in [-0.05, 0) is 63.3 Å². The third-order valence-electron chi connectivity index (χ3n) is 4.70. The van der Waals surface area contributed by atoms with E-state index in [0.717, 1.165) is 24.4 Å². The first-order valence-electron chi connectivity index (χ1n) is 7.48. The van der Waals surface area contributed by atoms with Crippen LogP contribution in [0.3, 0.4) is 0 Å². The van der Waals surface area contributed by atoms with Crippen molar-refractivity contribution in [1.82, 2.24) is 5.32 Å². The van der Waals surface area contributed by atoms with Gasteiger partial charge in [0.25, 0.3) is 0 Å². The predicted molar refractivity (Wildman–Crippen MR) is 72.1 cm³/mol. The van der Waals surface area contributed by atoms with Crippen LogP contribution >= 0.6 is 0 Å². The van der Waals surface area contributed by atoms with E-state index >= 15 is 0 Å². The van der Waals surface area contributed by atoms with Gasteiger partial charge in [-0.15, -0.1) is 0 Å². The van der Waals surface area contributed by atoms with Crippen molar-refractivity contribution in [2.45, 2.75) is 64.5 Å². The van der Waals surface area contributed by atoms with Gasteiger partial charge in [0.15, 0.2) is 0 Å². The third kappa shape index (κ3) is 3.69. The van der Waals surface area contributed by atoms with Crippen molar-refractivity contribution in [3.05, 3.63) is 0 Å². The average Bonchev–Trinajstić information content (AvgIpc) is 2.77. The zero-order valence-corrected chi connectivity index (χ0v) is 11.7. The van der Waals surface area contributed by atoms with Crippen molar-refractivity contribution >= 4 is 0 Å². The Labute approximate surface area is 107 Å². The zero-order valence-electron chi connectivity index (χ0n) is 11.7. The molecule has 0 radical (unpaired) electrons. The number of ether oxygens (including phenoxy) is 1. The fraction of sp³-hybridized carbons (Fsp3) is 1.00. The van der Waals surface area contributed by atoms with Crippen LogP contribution in [-0.4, -0.2) is 25.8 Å². The fourth-order valence-corrected chi connectivity index (χ4v) is 4.00. The van der Waals surface area contributed by atoms with Gasteiger partial charge in [0.1, 0.15) is 0 Å².